The molecule has 2 atom stereocenters. The first-order chi connectivity index (χ1) is 9.22. The number of aliphatic imine (C=N–C) groups is 1. The first-order valence-corrected chi connectivity index (χ1v) is 5.69. The normalized spacial score (nSPS) is 22.2. The van der Waals surface area contributed by atoms with Crippen LogP contribution < -0.4 is 5.73 Å². The average molecular weight is 252 g/mol. The van der Waals surface area contributed by atoms with Crippen LogP contribution in [0.3, 0.4) is 0 Å². The average Bonchev–Trinajstić information content (AvgIpc) is 2.46. The Kier molecular flexibility index (Phi) is 3.49. The lowest BCUT2D eigenvalue weighted by Gasteiger charge is -2.26. The molecule has 0 amide bonds. The minimum Gasteiger partial charge on any atom is -0.480 e. The molecule has 2 unspecified atom stereocenters. The minimum atomic E-state index is -0.657. The third-order valence-corrected chi connectivity index (χ3v) is 3.04. The highest BCUT2D eigenvalue weighted by atomic mass is 16.5. The molecular formula is C14H12N4O. The number of hydrogen-bond donors (Lipinski definition) is 1. The Labute approximate surface area is 111 Å². The number of ether oxygens (including phenoxy) is 1. The number of amidine groups is 1. The molecule has 2 rings (SSSR count). The largest absolute Gasteiger partial charge is 0.480 e. The van der Waals surface area contributed by atoms with Gasteiger partial charge in [-0.05, 0) is 5.56 Å². The van der Waals surface area contributed by atoms with Crippen LogP contribution in [0.2, 0.25) is 0 Å². The van der Waals surface area contributed by atoms with Gasteiger partial charge in [0.05, 0.1) is 13.2 Å². The second-order valence-corrected chi connectivity index (χ2v) is 4.07. The highest BCUT2D eigenvalue weighted by Gasteiger charge is 2.36. The number of benzene rings is 1. The quantitative estimate of drug-likeness (QED) is 0.865. The minimum absolute atomic E-state index is 0.173. The van der Waals surface area contributed by atoms with Crippen LogP contribution in [0.4, 0.5) is 0 Å². The van der Waals surface area contributed by atoms with Crippen molar-refractivity contribution >= 4 is 5.84 Å². The van der Waals surface area contributed by atoms with Crippen molar-refractivity contribution in [2.45, 2.75) is 5.92 Å². The van der Waals surface area contributed by atoms with Crippen molar-refractivity contribution in [1.29, 1.82) is 10.5 Å². The van der Waals surface area contributed by atoms with Crippen molar-refractivity contribution in [3.05, 3.63) is 47.4 Å². The van der Waals surface area contributed by atoms with Crippen LogP contribution in [0.25, 0.3) is 0 Å². The van der Waals surface area contributed by atoms with Crippen LogP contribution in [-0.2, 0) is 4.74 Å². The molecule has 2 N–H and O–H groups in total. The van der Waals surface area contributed by atoms with Gasteiger partial charge in [0.2, 0.25) is 5.88 Å². The monoisotopic (exact) mass is 252 g/mol. The molecule has 0 saturated heterocycles. The first-order valence-electron chi connectivity index (χ1n) is 5.69. The van der Waals surface area contributed by atoms with Gasteiger partial charge in [-0.15, -0.1) is 0 Å². The number of allylic oxidation sites excluding steroid dienone is 1. The molecule has 1 aromatic carbocycles. The van der Waals surface area contributed by atoms with Crippen LogP contribution in [0, 0.1) is 28.6 Å². The van der Waals surface area contributed by atoms with Crippen LogP contribution in [0.1, 0.15) is 11.5 Å². The maximum Gasteiger partial charge on any atom is 0.229 e. The van der Waals surface area contributed by atoms with Gasteiger partial charge in [-0.25, -0.2) is 0 Å². The van der Waals surface area contributed by atoms with E-state index in [0.29, 0.717) is 5.57 Å². The number of methoxy groups -OCH3 is 1. The van der Waals surface area contributed by atoms with Crippen LogP contribution in [-0.4, -0.2) is 12.9 Å². The van der Waals surface area contributed by atoms with E-state index >= 15 is 0 Å². The van der Waals surface area contributed by atoms with Gasteiger partial charge in [0.25, 0.3) is 0 Å². The van der Waals surface area contributed by atoms with E-state index in [4.69, 9.17) is 10.5 Å². The summed E-state index contributed by atoms with van der Waals surface area (Å²) in [6.07, 6.45) is 0. The van der Waals surface area contributed by atoms with E-state index in [9.17, 15) is 10.5 Å². The fourth-order valence-electron chi connectivity index (χ4n) is 2.15. The van der Waals surface area contributed by atoms with E-state index in [1.807, 2.05) is 30.3 Å². The Hall–Kier alpha value is -2.79. The molecule has 1 heterocycles. The zero-order valence-electron chi connectivity index (χ0n) is 10.4. The summed E-state index contributed by atoms with van der Waals surface area (Å²) in [5.41, 5.74) is 6.98. The molecule has 0 fully saturated rings. The molecule has 0 aromatic heterocycles. The molecule has 0 saturated carbocycles. The third kappa shape index (κ3) is 2.14. The predicted octanol–water partition coefficient (Wildman–Crippen LogP) is 1.66. The molecule has 19 heavy (non-hydrogen) atoms. The van der Waals surface area contributed by atoms with E-state index in [1.54, 1.807) is 0 Å². The van der Waals surface area contributed by atoms with Crippen LogP contribution in [0.5, 0.6) is 0 Å². The summed E-state index contributed by atoms with van der Waals surface area (Å²) >= 11 is 0. The lowest BCUT2D eigenvalue weighted by atomic mass is 9.79. The Morgan fingerprint density at radius 3 is 2.47 bits per heavy atom. The van der Waals surface area contributed by atoms with Gasteiger partial charge >= 0.3 is 0 Å². The molecular weight excluding hydrogens is 240 g/mol. The summed E-state index contributed by atoms with van der Waals surface area (Å²) in [5.74, 6) is -0.743. The first kappa shape index (κ1) is 12.7. The van der Waals surface area contributed by atoms with Crippen molar-refractivity contribution in [2.24, 2.45) is 16.6 Å². The third-order valence-electron chi connectivity index (χ3n) is 3.04. The Morgan fingerprint density at radius 1 is 1.26 bits per heavy atom. The molecule has 94 valence electrons. The van der Waals surface area contributed by atoms with E-state index in [0.717, 1.165) is 5.56 Å². The Bertz CT molecular complexity index is 619. The smallest absolute Gasteiger partial charge is 0.229 e. The van der Waals surface area contributed by atoms with Gasteiger partial charge in [-0.1, -0.05) is 30.3 Å². The van der Waals surface area contributed by atoms with Gasteiger partial charge in [0.15, 0.2) is 0 Å². The maximum atomic E-state index is 9.32. The summed E-state index contributed by atoms with van der Waals surface area (Å²) in [6.45, 7) is 0. The molecule has 5 nitrogen and oxygen atoms in total. The number of nitrogens with zero attached hydrogens (tertiary/aromatic N) is 3. The van der Waals surface area contributed by atoms with Crippen LogP contribution >= 0.6 is 0 Å². The molecule has 1 aliphatic rings. The molecule has 1 aliphatic heterocycles. The lowest BCUT2D eigenvalue weighted by molar-refractivity contribution is 0.279. The van der Waals surface area contributed by atoms with Crippen molar-refractivity contribution in [1.82, 2.24) is 0 Å². The Balaban J connectivity index is 2.61. The molecule has 0 bridgehead atoms. The van der Waals surface area contributed by atoms with Crippen molar-refractivity contribution in [3.8, 4) is 12.1 Å². The second kappa shape index (κ2) is 5.24. The number of rotatable bonds is 2. The highest BCUT2D eigenvalue weighted by Crippen LogP contribution is 2.37. The standard InChI is InChI=1S/C14H12N4O/c1-19-14-11(8-16)12(9-5-3-2-4-6-9)10(7-15)13(17)18-14/h2-6,10,12H,1H3,(H2,17,18). The zero-order valence-corrected chi connectivity index (χ0v) is 10.4. The van der Waals surface area contributed by atoms with Crippen LogP contribution in [0.15, 0.2) is 46.8 Å². The molecule has 0 radical (unpaired) electrons. The maximum absolute atomic E-state index is 9.32. The molecule has 5 heteroatoms. The van der Waals surface area contributed by atoms with E-state index in [-0.39, 0.29) is 11.7 Å². The number of hydrogen-bond acceptors (Lipinski definition) is 5. The molecule has 0 aliphatic carbocycles. The van der Waals surface area contributed by atoms with Gasteiger partial charge in [-0.2, -0.15) is 15.5 Å². The summed E-state index contributed by atoms with van der Waals surface area (Å²) in [4.78, 5) is 3.99. The zero-order chi connectivity index (χ0) is 13.8. The summed E-state index contributed by atoms with van der Waals surface area (Å²) < 4.78 is 5.09. The van der Waals surface area contributed by atoms with E-state index in [1.165, 1.54) is 7.11 Å². The molecule has 1 aromatic rings. The SMILES string of the molecule is COC1=C(C#N)C(c2ccccc2)C(C#N)C(N)=N1. The van der Waals surface area contributed by atoms with E-state index in [2.05, 4.69) is 17.1 Å². The second-order valence-electron chi connectivity index (χ2n) is 4.07. The topological polar surface area (TPSA) is 95.2 Å². The lowest BCUT2D eigenvalue weighted by Crippen LogP contribution is -2.32. The van der Waals surface area contributed by atoms with Gasteiger partial charge in [-0.3, -0.25) is 0 Å². The number of nitrogens with two attached hydrogens (primary N) is 1. The summed E-state index contributed by atoms with van der Waals surface area (Å²) in [6, 6.07) is 13.5. The van der Waals surface area contributed by atoms with E-state index < -0.39 is 11.8 Å². The fraction of sp³-hybridized carbons (Fsp3) is 0.214. The van der Waals surface area contributed by atoms with Crippen molar-refractivity contribution in [3.63, 3.8) is 0 Å². The molecule has 0 spiro atoms. The fourth-order valence-corrected chi connectivity index (χ4v) is 2.15. The summed E-state index contributed by atoms with van der Waals surface area (Å²) in [7, 11) is 1.43. The van der Waals surface area contributed by atoms with Gasteiger partial charge in [0.1, 0.15) is 23.4 Å². The Morgan fingerprint density at radius 2 is 1.95 bits per heavy atom. The summed E-state index contributed by atoms with van der Waals surface area (Å²) in [5, 5.41) is 18.6. The van der Waals surface area contributed by atoms with Gasteiger partial charge < -0.3 is 10.5 Å². The van der Waals surface area contributed by atoms with Gasteiger partial charge in [0, 0.05) is 5.92 Å². The van der Waals surface area contributed by atoms with Crippen molar-refractivity contribution < 1.29 is 4.74 Å². The predicted molar refractivity (Wildman–Crippen MR) is 69.6 cm³/mol. The van der Waals surface area contributed by atoms with Crippen molar-refractivity contribution in [2.75, 3.05) is 7.11 Å². The number of nitriles is 2. The highest BCUT2D eigenvalue weighted by molar-refractivity contribution is 5.89.